The number of nitrogens with zero attached hydrogens (tertiary/aromatic N) is 2. The zero-order valence-electron chi connectivity index (χ0n) is 11.9. The van der Waals surface area contributed by atoms with Crippen molar-refractivity contribution in [2.75, 3.05) is 13.1 Å². The summed E-state index contributed by atoms with van der Waals surface area (Å²) in [5.41, 5.74) is 1.28. The van der Waals surface area contributed by atoms with Crippen LogP contribution in [0.3, 0.4) is 0 Å². The normalized spacial score (nSPS) is 23.3. The molecule has 5 heteroatoms. The number of hydrogen-bond donors (Lipinski definition) is 2. The molecule has 1 aliphatic rings. The highest BCUT2D eigenvalue weighted by molar-refractivity contribution is 5.81. The summed E-state index contributed by atoms with van der Waals surface area (Å²) < 4.78 is 1.96. The molecule has 0 aliphatic carbocycles. The second kappa shape index (κ2) is 6.70. The zero-order chi connectivity index (χ0) is 13.7. The van der Waals surface area contributed by atoms with Crippen molar-refractivity contribution in [1.82, 2.24) is 20.4 Å². The van der Waals surface area contributed by atoms with E-state index in [0.29, 0.717) is 12.5 Å². The molecule has 1 aliphatic heterocycles. The minimum Gasteiger partial charge on any atom is -0.355 e. The Kier molecular flexibility index (Phi) is 4.96. The minimum atomic E-state index is -0.0279. The first-order chi connectivity index (χ1) is 9.22. The zero-order valence-corrected chi connectivity index (χ0v) is 11.9. The topological polar surface area (TPSA) is 59.0 Å². The van der Waals surface area contributed by atoms with Gasteiger partial charge >= 0.3 is 0 Å². The van der Waals surface area contributed by atoms with Crippen LogP contribution < -0.4 is 10.6 Å². The largest absolute Gasteiger partial charge is 0.355 e. The lowest BCUT2D eigenvalue weighted by atomic mass is 9.87. The fourth-order valence-electron chi connectivity index (χ4n) is 2.70. The van der Waals surface area contributed by atoms with Crippen LogP contribution in [0.25, 0.3) is 0 Å². The van der Waals surface area contributed by atoms with Gasteiger partial charge in [0.1, 0.15) is 0 Å². The molecule has 0 bridgehead atoms. The molecule has 5 nitrogen and oxygen atoms in total. The molecule has 1 saturated heterocycles. The molecule has 106 valence electrons. The molecule has 1 amide bonds. The van der Waals surface area contributed by atoms with Crippen molar-refractivity contribution < 1.29 is 4.79 Å². The van der Waals surface area contributed by atoms with Gasteiger partial charge in [0.25, 0.3) is 0 Å². The van der Waals surface area contributed by atoms with E-state index < -0.39 is 0 Å². The van der Waals surface area contributed by atoms with Crippen LogP contribution in [0.4, 0.5) is 0 Å². The maximum atomic E-state index is 11.9. The van der Waals surface area contributed by atoms with Gasteiger partial charge in [0, 0.05) is 19.3 Å². The van der Waals surface area contributed by atoms with E-state index in [2.05, 4.69) is 28.9 Å². The molecule has 1 fully saturated rings. The lowest BCUT2D eigenvalue weighted by Crippen LogP contribution is -2.48. The van der Waals surface area contributed by atoms with Crippen molar-refractivity contribution in [2.45, 2.75) is 45.7 Å². The van der Waals surface area contributed by atoms with Gasteiger partial charge in [0.2, 0.25) is 5.91 Å². The predicted octanol–water partition coefficient (Wildman–Crippen LogP) is 0.950. The summed E-state index contributed by atoms with van der Waals surface area (Å²) in [7, 11) is 0. The van der Waals surface area contributed by atoms with E-state index in [1.807, 2.05) is 17.8 Å². The molecule has 2 unspecified atom stereocenters. The molecule has 1 aromatic heterocycles. The maximum absolute atomic E-state index is 11.9. The average molecular weight is 264 g/mol. The molecule has 2 rings (SSSR count). The van der Waals surface area contributed by atoms with Crippen molar-refractivity contribution >= 4 is 5.91 Å². The molecule has 1 aromatic rings. The van der Waals surface area contributed by atoms with Gasteiger partial charge in [-0.1, -0.05) is 0 Å². The smallest absolute Gasteiger partial charge is 0.237 e. The van der Waals surface area contributed by atoms with Crippen LogP contribution in [0.2, 0.25) is 0 Å². The van der Waals surface area contributed by atoms with E-state index in [1.165, 1.54) is 5.56 Å². The Morgan fingerprint density at radius 2 is 2.42 bits per heavy atom. The van der Waals surface area contributed by atoms with Gasteiger partial charge in [-0.2, -0.15) is 5.10 Å². The third-order valence-electron chi connectivity index (χ3n) is 3.71. The highest BCUT2D eigenvalue weighted by Gasteiger charge is 2.26. The van der Waals surface area contributed by atoms with E-state index in [0.717, 1.165) is 32.4 Å². The fourth-order valence-corrected chi connectivity index (χ4v) is 2.70. The summed E-state index contributed by atoms with van der Waals surface area (Å²) in [5.74, 6) is 0.708. The van der Waals surface area contributed by atoms with Crippen LogP contribution >= 0.6 is 0 Å². The Hall–Kier alpha value is -1.36. The van der Waals surface area contributed by atoms with Crippen molar-refractivity contribution in [3.05, 3.63) is 18.0 Å². The van der Waals surface area contributed by atoms with Gasteiger partial charge in [-0.3, -0.25) is 9.48 Å². The number of hydrogen-bond acceptors (Lipinski definition) is 3. The monoisotopic (exact) mass is 264 g/mol. The van der Waals surface area contributed by atoms with Gasteiger partial charge in [0.05, 0.1) is 12.2 Å². The molecule has 0 spiro atoms. The van der Waals surface area contributed by atoms with Crippen molar-refractivity contribution in [1.29, 1.82) is 0 Å². The van der Waals surface area contributed by atoms with Crippen LogP contribution in [0.15, 0.2) is 12.4 Å². The van der Waals surface area contributed by atoms with Crippen LogP contribution in [-0.2, 0) is 17.8 Å². The van der Waals surface area contributed by atoms with Gasteiger partial charge in [-0.15, -0.1) is 0 Å². The van der Waals surface area contributed by atoms with Crippen LogP contribution in [0, 0.1) is 5.92 Å². The second-order valence-corrected chi connectivity index (χ2v) is 5.20. The Morgan fingerprint density at radius 3 is 3.11 bits per heavy atom. The molecular weight excluding hydrogens is 240 g/mol. The minimum absolute atomic E-state index is 0.0279. The first-order valence-corrected chi connectivity index (χ1v) is 7.25. The number of carbonyl (C=O) groups is 1. The summed E-state index contributed by atoms with van der Waals surface area (Å²) in [6, 6.07) is -0.0279. The van der Waals surface area contributed by atoms with Crippen molar-refractivity contribution in [3.63, 3.8) is 0 Å². The third kappa shape index (κ3) is 3.80. The van der Waals surface area contributed by atoms with Crippen molar-refractivity contribution in [3.8, 4) is 0 Å². The molecule has 0 saturated carbocycles. The van der Waals surface area contributed by atoms with Gasteiger partial charge in [0.15, 0.2) is 0 Å². The lowest BCUT2D eigenvalue weighted by molar-refractivity contribution is -0.123. The Morgan fingerprint density at radius 1 is 1.58 bits per heavy atom. The van der Waals surface area contributed by atoms with E-state index in [9.17, 15) is 4.79 Å². The van der Waals surface area contributed by atoms with Gasteiger partial charge in [-0.25, -0.2) is 0 Å². The number of nitrogens with one attached hydrogen (secondary N) is 2. The molecule has 2 N–H and O–H groups in total. The van der Waals surface area contributed by atoms with Crippen LogP contribution in [0.1, 0.15) is 32.3 Å². The van der Waals surface area contributed by atoms with E-state index >= 15 is 0 Å². The Labute approximate surface area is 114 Å². The fraction of sp³-hybridized carbons (Fsp3) is 0.714. The Balaban J connectivity index is 1.88. The molecular formula is C14H24N4O. The lowest BCUT2D eigenvalue weighted by Gasteiger charge is -2.29. The standard InChI is InChI=1S/C14H24N4O/c1-3-15-14(19)13-8-11(5-6-16-13)7-12-9-17-18(4-2)10-12/h9-11,13,16H,3-8H2,1-2H3,(H,15,19). The molecule has 2 atom stereocenters. The first kappa shape index (κ1) is 14.1. The molecule has 2 heterocycles. The van der Waals surface area contributed by atoms with Crippen molar-refractivity contribution in [2.24, 2.45) is 5.92 Å². The maximum Gasteiger partial charge on any atom is 0.237 e. The molecule has 0 aromatic carbocycles. The van der Waals surface area contributed by atoms with E-state index in [-0.39, 0.29) is 11.9 Å². The van der Waals surface area contributed by atoms with Gasteiger partial charge < -0.3 is 10.6 Å². The van der Waals surface area contributed by atoms with Gasteiger partial charge in [-0.05, 0) is 51.1 Å². The SMILES string of the molecule is CCNC(=O)C1CC(Cc2cnn(CC)c2)CCN1. The van der Waals surface area contributed by atoms with Crippen LogP contribution in [-0.4, -0.2) is 34.8 Å². The summed E-state index contributed by atoms with van der Waals surface area (Å²) in [6.45, 7) is 6.58. The molecule has 0 radical (unpaired) electrons. The summed E-state index contributed by atoms with van der Waals surface area (Å²) in [4.78, 5) is 11.9. The summed E-state index contributed by atoms with van der Waals surface area (Å²) >= 11 is 0. The quantitative estimate of drug-likeness (QED) is 0.832. The third-order valence-corrected chi connectivity index (χ3v) is 3.71. The Bertz CT molecular complexity index is 415. The number of aromatic nitrogens is 2. The van der Waals surface area contributed by atoms with Crippen LogP contribution in [0.5, 0.6) is 0 Å². The first-order valence-electron chi connectivity index (χ1n) is 7.25. The highest BCUT2D eigenvalue weighted by Crippen LogP contribution is 2.21. The highest BCUT2D eigenvalue weighted by atomic mass is 16.2. The number of carbonyl (C=O) groups excluding carboxylic acids is 1. The number of piperidine rings is 1. The number of amides is 1. The van der Waals surface area contributed by atoms with E-state index in [4.69, 9.17) is 0 Å². The second-order valence-electron chi connectivity index (χ2n) is 5.20. The number of aryl methyl sites for hydroxylation is 1. The average Bonchev–Trinajstić information content (AvgIpc) is 2.87. The summed E-state index contributed by atoms with van der Waals surface area (Å²) in [5, 5.41) is 10.5. The van der Waals surface area contributed by atoms with E-state index in [1.54, 1.807) is 0 Å². The predicted molar refractivity (Wildman–Crippen MR) is 74.8 cm³/mol. The molecule has 19 heavy (non-hydrogen) atoms. The summed E-state index contributed by atoms with van der Waals surface area (Å²) in [6.07, 6.45) is 7.14. The number of rotatable bonds is 5. The number of likely N-dealkylation sites (N-methyl/N-ethyl adjacent to an activating group) is 1.